The van der Waals surface area contributed by atoms with E-state index in [1.807, 2.05) is 103 Å². The first kappa shape index (κ1) is 63.0. The fourth-order valence-corrected chi connectivity index (χ4v) is 14.6. The molecule has 0 spiro atoms. The largest absolute Gasteiger partial charge is 0.497 e. The number of carbonyl (C=O) groups excluding carboxylic acids is 1. The molecule has 16 bridgehead atoms. The van der Waals surface area contributed by atoms with Crippen LogP contribution in [-0.2, 0) is 0 Å². The van der Waals surface area contributed by atoms with Crippen molar-refractivity contribution in [1.82, 2.24) is 39.9 Å². The fourth-order valence-electron chi connectivity index (χ4n) is 14.6. The minimum Gasteiger partial charge on any atom is -0.497 e. The molecule has 1 amide bonds. The number of nitrogens with one attached hydrogen (secondary N) is 5. The number of H-pyrrole nitrogens is 4. The van der Waals surface area contributed by atoms with E-state index in [0.717, 1.165) is 196 Å². The summed E-state index contributed by atoms with van der Waals surface area (Å²) in [4.78, 5) is 52.0. The summed E-state index contributed by atoms with van der Waals surface area (Å²) in [6.45, 7) is 0. The summed E-state index contributed by atoms with van der Waals surface area (Å²) in [5.41, 5.74) is 29.4. The summed E-state index contributed by atoms with van der Waals surface area (Å²) < 4.78 is 16.9. The molecular formula is C92H65N9O4. The highest BCUT2D eigenvalue weighted by Gasteiger charge is 2.23. The molecule has 502 valence electrons. The molecule has 0 saturated heterocycles. The molecule has 0 radical (unpaired) electrons. The lowest BCUT2D eigenvalue weighted by molar-refractivity contribution is 0.102. The van der Waals surface area contributed by atoms with Crippen LogP contribution in [-0.4, -0.2) is 67.1 Å². The number of anilines is 1. The number of carbonyl (C=O) groups is 1. The molecule has 10 heterocycles. The number of methoxy groups -OCH3 is 3. The zero-order valence-corrected chi connectivity index (χ0v) is 57.4. The smallest absolute Gasteiger partial charge is 0.255 e. The number of aromatic nitrogens is 8. The van der Waals surface area contributed by atoms with Gasteiger partial charge in [0.05, 0.1) is 66.9 Å². The third-order valence-electron chi connectivity index (χ3n) is 19.7. The monoisotopic (exact) mass is 1360 g/mol. The summed E-state index contributed by atoms with van der Waals surface area (Å²) in [6.07, 6.45) is 16.7. The van der Waals surface area contributed by atoms with Crippen LogP contribution in [0.5, 0.6) is 17.2 Å². The Labute approximate surface area is 604 Å². The molecule has 0 atom stereocenters. The summed E-state index contributed by atoms with van der Waals surface area (Å²) in [5.74, 6) is 1.98. The number of fused-ring (bicyclic) bond motifs is 16. The van der Waals surface area contributed by atoms with Gasteiger partial charge in [-0.25, -0.2) is 19.9 Å². The van der Waals surface area contributed by atoms with Crippen molar-refractivity contribution < 1.29 is 19.0 Å². The molecule has 14 aromatic rings. The molecule has 5 N–H and O–H groups in total. The molecule has 13 heteroatoms. The first-order valence-corrected chi connectivity index (χ1v) is 34.7. The first-order valence-electron chi connectivity index (χ1n) is 34.7. The van der Waals surface area contributed by atoms with E-state index in [9.17, 15) is 4.79 Å². The van der Waals surface area contributed by atoms with Gasteiger partial charge in [-0.15, -0.1) is 0 Å². The van der Waals surface area contributed by atoms with Crippen molar-refractivity contribution in [3.8, 4) is 106 Å². The van der Waals surface area contributed by atoms with Crippen LogP contribution in [0.1, 0.15) is 55.9 Å². The number of benzene rings is 8. The molecular weight excluding hydrogens is 1300 g/mol. The van der Waals surface area contributed by atoms with Gasteiger partial charge in [-0.1, -0.05) is 152 Å². The van der Waals surface area contributed by atoms with E-state index >= 15 is 0 Å². The van der Waals surface area contributed by atoms with E-state index in [2.05, 4.69) is 232 Å². The minimum absolute atomic E-state index is 0.265. The Hall–Kier alpha value is -14.2. The number of rotatable bonds is 13. The lowest BCUT2D eigenvalue weighted by Gasteiger charge is -2.10. The van der Waals surface area contributed by atoms with Crippen LogP contribution in [0.2, 0.25) is 0 Å². The number of ether oxygens (including phenoxy) is 3. The van der Waals surface area contributed by atoms with Gasteiger partial charge in [-0.3, -0.25) is 4.79 Å². The summed E-state index contributed by atoms with van der Waals surface area (Å²) in [7, 11) is 5.02. The van der Waals surface area contributed by atoms with Crippen LogP contribution >= 0.6 is 0 Å². The number of nitrogens with zero attached hydrogens (tertiary/aromatic N) is 4. The van der Waals surface area contributed by atoms with Gasteiger partial charge in [0, 0.05) is 99.9 Å². The normalized spacial score (nSPS) is 12.0. The average Bonchev–Trinajstić information content (AvgIpc) is 1.62. The Balaban J connectivity index is 0.749. The maximum Gasteiger partial charge on any atom is 0.255 e. The lowest BCUT2D eigenvalue weighted by atomic mass is 10.0. The van der Waals surface area contributed by atoms with Crippen molar-refractivity contribution in [2.45, 2.75) is 0 Å². The molecule has 4 aliphatic heterocycles. The number of aromatic amines is 4. The molecule has 8 aromatic carbocycles. The van der Waals surface area contributed by atoms with Crippen molar-refractivity contribution in [1.29, 1.82) is 0 Å². The quantitative estimate of drug-likeness (QED) is 0.0759. The average molecular weight is 1360 g/mol. The van der Waals surface area contributed by atoms with E-state index < -0.39 is 0 Å². The van der Waals surface area contributed by atoms with Gasteiger partial charge in [0.1, 0.15) is 17.2 Å². The standard InChI is InChI=1S/C92H65N9O4/c1-103-65-33-25-60(26-34-65)89-78-49-47-76(98-78)88(77-48-50-79(99-77)90(61-27-35-66(104-2)36-28-61)81-52-54-83(101-81)91(82-53-51-80(89)100-82)62-29-37-67(105-3)38-30-62)59-23-31-64(32-24-59)93-92(102)63-21-19-58(20-22-63)87-74-45-43-72(96-74)85(56-15-9-5-10-16-56)70-41-39-68(94-70)84(55-13-7-4-8-14-55)69-40-42-71(95-69)86(57-17-11-6-12-18-57)73-44-46-75(87)97-73/h4-54,94,97-98,101H,1-3H3,(H,93,102). The van der Waals surface area contributed by atoms with Crippen LogP contribution < -0.4 is 19.5 Å². The highest BCUT2D eigenvalue weighted by atomic mass is 16.5. The van der Waals surface area contributed by atoms with E-state index in [0.29, 0.717) is 11.3 Å². The maximum atomic E-state index is 14.6. The van der Waals surface area contributed by atoms with E-state index in [1.165, 1.54) is 0 Å². The van der Waals surface area contributed by atoms with Gasteiger partial charge in [-0.05, 0) is 202 Å². The van der Waals surface area contributed by atoms with Crippen molar-refractivity contribution in [2.75, 3.05) is 26.6 Å². The SMILES string of the molecule is COc1ccc(-c2c3nc(c(-c4ccc(OC)cc4)c4ccc([nH]4)c(-c4ccc(OC)cc4)c4nc(c(-c5ccc(NC(=O)c6ccc(-c7c8nc(c(-c9ccccc9)c9ccc([nH]9)c(-c9ccccc9)c9nc(c(-c%10ccccc%10)c%10ccc7[nH]%10)C=C9)C=C8)cc6)cc5)c5ccc2[nH]5)C=C4)C=C3)cc1. The van der Waals surface area contributed by atoms with Crippen LogP contribution in [0, 0.1) is 0 Å². The van der Waals surface area contributed by atoms with Gasteiger partial charge in [0.2, 0.25) is 0 Å². The predicted molar refractivity (Wildman–Crippen MR) is 429 cm³/mol. The summed E-state index contributed by atoms with van der Waals surface area (Å²) in [5, 5.41) is 3.22. The second-order valence-corrected chi connectivity index (χ2v) is 25.9. The molecule has 0 unspecified atom stereocenters. The molecule has 105 heavy (non-hydrogen) atoms. The van der Waals surface area contributed by atoms with E-state index in [4.69, 9.17) is 34.1 Å². The first-order chi connectivity index (χ1) is 51.8. The topological polar surface area (TPSA) is 172 Å². The lowest BCUT2D eigenvalue weighted by Crippen LogP contribution is -2.11. The molecule has 0 fully saturated rings. The fraction of sp³-hybridized carbons (Fsp3) is 0.0326. The molecule has 4 aliphatic rings. The Kier molecular flexibility index (Phi) is 16.1. The van der Waals surface area contributed by atoms with E-state index in [1.54, 1.807) is 21.3 Å². The van der Waals surface area contributed by atoms with Crippen LogP contribution in [0.15, 0.2) is 261 Å². The number of hydrogen-bond donors (Lipinski definition) is 5. The van der Waals surface area contributed by atoms with Crippen molar-refractivity contribution in [2.24, 2.45) is 0 Å². The van der Waals surface area contributed by atoms with Gasteiger partial charge in [0.25, 0.3) is 5.91 Å². The van der Waals surface area contributed by atoms with Crippen molar-refractivity contribution in [3.63, 3.8) is 0 Å². The van der Waals surface area contributed by atoms with Crippen LogP contribution in [0.4, 0.5) is 5.69 Å². The zero-order chi connectivity index (χ0) is 70.5. The Bertz CT molecular complexity index is 6180. The molecule has 18 rings (SSSR count). The van der Waals surface area contributed by atoms with Gasteiger partial charge < -0.3 is 39.5 Å². The molecule has 6 aromatic heterocycles. The maximum absolute atomic E-state index is 14.6. The van der Waals surface area contributed by atoms with Crippen molar-refractivity contribution in [3.05, 3.63) is 312 Å². The van der Waals surface area contributed by atoms with Gasteiger partial charge in [-0.2, -0.15) is 0 Å². The Morgan fingerprint density at radius 3 is 0.667 bits per heavy atom. The van der Waals surface area contributed by atoms with Gasteiger partial charge >= 0.3 is 0 Å². The molecule has 0 aliphatic carbocycles. The highest BCUT2D eigenvalue weighted by Crippen LogP contribution is 2.43. The molecule has 0 saturated carbocycles. The second kappa shape index (κ2) is 26.7. The minimum atomic E-state index is -0.265. The van der Waals surface area contributed by atoms with Crippen LogP contribution in [0.25, 0.3) is 182 Å². The van der Waals surface area contributed by atoms with E-state index in [-0.39, 0.29) is 5.91 Å². The second-order valence-electron chi connectivity index (χ2n) is 25.9. The Morgan fingerprint density at radius 2 is 0.448 bits per heavy atom. The molecule has 13 nitrogen and oxygen atoms in total. The highest BCUT2D eigenvalue weighted by molar-refractivity contribution is 6.07. The van der Waals surface area contributed by atoms with Crippen LogP contribution in [0.3, 0.4) is 0 Å². The predicted octanol–water partition coefficient (Wildman–Crippen LogP) is 22.2. The Morgan fingerprint density at radius 1 is 0.248 bits per heavy atom. The number of hydrogen-bond acceptors (Lipinski definition) is 8. The summed E-state index contributed by atoms with van der Waals surface area (Å²) >= 11 is 0. The zero-order valence-electron chi connectivity index (χ0n) is 57.4. The van der Waals surface area contributed by atoms with Gasteiger partial charge in [0.15, 0.2) is 0 Å². The van der Waals surface area contributed by atoms with Crippen molar-refractivity contribution >= 4 is 104 Å². The summed E-state index contributed by atoms with van der Waals surface area (Å²) in [6, 6.07) is 88.1. The third kappa shape index (κ3) is 11.8. The number of amides is 1. The third-order valence-corrected chi connectivity index (χ3v) is 19.7.